The molecule has 1 aromatic carbocycles. The standard InChI is InChI=1S/C29H50O6Si/c1-20(17-30)16-21(2)26(35-36(10,11)28(4,5)6)27-25(33-29(7,8)34-27)22(3)18-32-19-23-12-14-24(31-9)15-13-23/h12-16,20,22,25-27,30H,17-19H2,1-11H3/b21-16+/t20-,22-,25-,26-,27+/m1/s1. The predicted molar refractivity (Wildman–Crippen MR) is 148 cm³/mol. The van der Waals surface area contributed by atoms with E-state index in [2.05, 4.69) is 53.8 Å². The van der Waals surface area contributed by atoms with E-state index >= 15 is 0 Å². The van der Waals surface area contributed by atoms with Gasteiger partial charge >= 0.3 is 0 Å². The van der Waals surface area contributed by atoms with E-state index in [1.54, 1.807) is 7.11 Å². The second kappa shape index (κ2) is 12.5. The summed E-state index contributed by atoms with van der Waals surface area (Å²) in [5, 5.41) is 9.73. The fourth-order valence-corrected chi connectivity index (χ4v) is 5.49. The Morgan fingerprint density at radius 3 is 2.22 bits per heavy atom. The molecule has 7 heteroatoms. The Hall–Kier alpha value is -1.22. The Balaban J connectivity index is 2.24. The van der Waals surface area contributed by atoms with Crippen LogP contribution in [-0.4, -0.2) is 57.8 Å². The Kier molecular flexibility index (Phi) is 10.8. The maximum Gasteiger partial charge on any atom is 0.193 e. The van der Waals surface area contributed by atoms with E-state index in [0.29, 0.717) is 13.2 Å². The topological polar surface area (TPSA) is 66.4 Å². The van der Waals surface area contributed by atoms with Crippen LogP contribution in [0.2, 0.25) is 18.1 Å². The molecule has 0 bridgehead atoms. The quantitative estimate of drug-likeness (QED) is 0.255. The number of ether oxygens (including phenoxy) is 4. The molecule has 0 radical (unpaired) electrons. The molecule has 1 aliphatic heterocycles. The lowest BCUT2D eigenvalue weighted by atomic mass is 9.92. The van der Waals surface area contributed by atoms with Gasteiger partial charge in [0.1, 0.15) is 11.9 Å². The van der Waals surface area contributed by atoms with E-state index in [4.69, 9.17) is 23.4 Å². The van der Waals surface area contributed by atoms with Gasteiger partial charge in [0.2, 0.25) is 0 Å². The minimum absolute atomic E-state index is 0.0366. The highest BCUT2D eigenvalue weighted by atomic mass is 28.4. The molecule has 206 valence electrons. The third-order valence-corrected chi connectivity index (χ3v) is 11.8. The highest BCUT2D eigenvalue weighted by Crippen LogP contribution is 2.42. The molecule has 1 aromatic rings. The molecule has 1 aliphatic rings. The van der Waals surface area contributed by atoms with Crippen molar-refractivity contribution in [2.45, 2.75) is 104 Å². The second-order valence-electron chi connectivity index (χ2n) is 12.3. The molecular formula is C29H50O6Si. The van der Waals surface area contributed by atoms with Crippen LogP contribution in [0.3, 0.4) is 0 Å². The molecule has 36 heavy (non-hydrogen) atoms. The molecule has 6 nitrogen and oxygen atoms in total. The van der Waals surface area contributed by atoms with Crippen LogP contribution in [0.1, 0.15) is 61.0 Å². The van der Waals surface area contributed by atoms with Crippen LogP contribution < -0.4 is 4.74 Å². The van der Waals surface area contributed by atoms with Gasteiger partial charge in [-0.2, -0.15) is 0 Å². The molecular weight excluding hydrogens is 472 g/mol. The van der Waals surface area contributed by atoms with E-state index in [0.717, 1.165) is 16.9 Å². The molecule has 1 heterocycles. The van der Waals surface area contributed by atoms with Crippen molar-refractivity contribution in [2.24, 2.45) is 11.8 Å². The summed E-state index contributed by atoms with van der Waals surface area (Å²) in [7, 11) is -0.463. The first-order chi connectivity index (χ1) is 16.6. The number of aliphatic hydroxyl groups is 1. The fraction of sp³-hybridized carbons (Fsp3) is 0.724. The highest BCUT2D eigenvalue weighted by Gasteiger charge is 2.50. The maximum absolute atomic E-state index is 9.68. The van der Waals surface area contributed by atoms with Crippen molar-refractivity contribution in [1.82, 2.24) is 0 Å². The molecule has 0 aliphatic carbocycles. The van der Waals surface area contributed by atoms with Gasteiger partial charge in [0.15, 0.2) is 14.1 Å². The van der Waals surface area contributed by atoms with E-state index in [1.165, 1.54) is 0 Å². The lowest BCUT2D eigenvalue weighted by Gasteiger charge is -2.42. The lowest BCUT2D eigenvalue weighted by Crippen LogP contribution is -2.51. The van der Waals surface area contributed by atoms with E-state index in [9.17, 15) is 5.11 Å². The van der Waals surface area contributed by atoms with Gasteiger partial charge in [0.25, 0.3) is 0 Å². The Bertz CT molecular complexity index is 842. The molecule has 0 spiro atoms. The summed E-state index contributed by atoms with van der Waals surface area (Å²) in [5.41, 5.74) is 2.17. The van der Waals surface area contributed by atoms with Crippen LogP contribution >= 0.6 is 0 Å². The fourth-order valence-electron chi connectivity index (χ4n) is 4.18. The van der Waals surface area contributed by atoms with Crippen molar-refractivity contribution < 1.29 is 28.5 Å². The number of benzene rings is 1. The zero-order valence-corrected chi connectivity index (χ0v) is 25.4. The first-order valence-electron chi connectivity index (χ1n) is 13.1. The van der Waals surface area contributed by atoms with Crippen molar-refractivity contribution in [3.63, 3.8) is 0 Å². The first-order valence-corrected chi connectivity index (χ1v) is 16.0. The maximum atomic E-state index is 9.68. The largest absolute Gasteiger partial charge is 0.497 e. The van der Waals surface area contributed by atoms with E-state index in [-0.39, 0.29) is 41.8 Å². The van der Waals surface area contributed by atoms with Gasteiger partial charge in [-0.1, -0.05) is 52.8 Å². The van der Waals surface area contributed by atoms with Gasteiger partial charge < -0.3 is 28.5 Å². The zero-order chi connectivity index (χ0) is 27.3. The summed E-state index contributed by atoms with van der Waals surface area (Å²) < 4.78 is 31.3. The van der Waals surface area contributed by atoms with Crippen LogP contribution in [0, 0.1) is 11.8 Å². The molecule has 1 fully saturated rings. The molecule has 2 rings (SSSR count). The van der Waals surface area contributed by atoms with Crippen molar-refractivity contribution in [1.29, 1.82) is 0 Å². The van der Waals surface area contributed by atoms with Gasteiger partial charge in [-0.25, -0.2) is 0 Å². The number of hydrogen-bond donors (Lipinski definition) is 1. The Morgan fingerprint density at radius 1 is 1.11 bits per heavy atom. The summed E-state index contributed by atoms with van der Waals surface area (Å²) in [6, 6.07) is 7.92. The minimum atomic E-state index is -2.13. The van der Waals surface area contributed by atoms with Crippen molar-refractivity contribution in [3.05, 3.63) is 41.5 Å². The van der Waals surface area contributed by atoms with Crippen molar-refractivity contribution in [3.8, 4) is 5.75 Å². The normalized spacial score (nSPS) is 23.4. The van der Waals surface area contributed by atoms with Crippen LogP contribution in [0.5, 0.6) is 5.75 Å². The number of hydrogen-bond acceptors (Lipinski definition) is 6. The molecule has 0 saturated carbocycles. The van der Waals surface area contributed by atoms with Crippen LogP contribution in [0.25, 0.3) is 0 Å². The zero-order valence-electron chi connectivity index (χ0n) is 24.4. The third-order valence-electron chi connectivity index (χ3n) is 7.34. The monoisotopic (exact) mass is 522 g/mol. The molecule has 1 saturated heterocycles. The Morgan fingerprint density at radius 2 is 1.69 bits per heavy atom. The summed E-state index contributed by atoms with van der Waals surface area (Å²) in [4.78, 5) is 0. The number of rotatable bonds is 12. The highest BCUT2D eigenvalue weighted by molar-refractivity contribution is 6.74. The molecule has 0 aromatic heterocycles. The summed E-state index contributed by atoms with van der Waals surface area (Å²) in [6.07, 6.45) is 1.36. The molecule has 0 unspecified atom stereocenters. The van der Waals surface area contributed by atoms with E-state index < -0.39 is 14.1 Å². The molecule has 0 amide bonds. The van der Waals surface area contributed by atoms with Crippen LogP contribution in [0.15, 0.2) is 35.9 Å². The van der Waals surface area contributed by atoms with Gasteiger partial charge in [-0.3, -0.25) is 0 Å². The summed E-state index contributed by atoms with van der Waals surface area (Å²) in [6.45, 7) is 22.6. The predicted octanol–water partition coefficient (Wildman–Crippen LogP) is 6.33. The van der Waals surface area contributed by atoms with Crippen LogP contribution in [0.4, 0.5) is 0 Å². The van der Waals surface area contributed by atoms with Crippen LogP contribution in [-0.2, 0) is 25.2 Å². The number of methoxy groups -OCH3 is 1. The average molecular weight is 523 g/mol. The summed E-state index contributed by atoms with van der Waals surface area (Å²) in [5.74, 6) is 0.232. The minimum Gasteiger partial charge on any atom is -0.497 e. The summed E-state index contributed by atoms with van der Waals surface area (Å²) >= 11 is 0. The van der Waals surface area contributed by atoms with Gasteiger partial charge in [-0.15, -0.1) is 0 Å². The van der Waals surface area contributed by atoms with E-state index in [1.807, 2.05) is 45.0 Å². The van der Waals surface area contributed by atoms with Gasteiger partial charge in [0.05, 0.1) is 32.5 Å². The molecule has 5 atom stereocenters. The first kappa shape index (κ1) is 31.0. The lowest BCUT2D eigenvalue weighted by molar-refractivity contribution is -0.156. The number of aliphatic hydroxyl groups excluding tert-OH is 1. The van der Waals surface area contributed by atoms with Crippen molar-refractivity contribution >= 4 is 8.32 Å². The second-order valence-corrected chi connectivity index (χ2v) is 17.0. The van der Waals surface area contributed by atoms with Crippen molar-refractivity contribution in [2.75, 3.05) is 20.3 Å². The van der Waals surface area contributed by atoms with Gasteiger partial charge in [0, 0.05) is 12.5 Å². The third kappa shape index (κ3) is 8.40. The molecule has 1 N–H and O–H groups in total. The Labute approximate surface area is 220 Å². The smallest absolute Gasteiger partial charge is 0.193 e. The van der Waals surface area contributed by atoms with Gasteiger partial charge in [-0.05, 0) is 68.1 Å². The SMILES string of the molecule is COc1ccc(COC[C@@H](C)[C@H]2OC(C)(C)O[C@@H]2[C@H](O[Si](C)(C)C(C)(C)C)/C(C)=C/[C@@H](C)CO)cc1. The average Bonchev–Trinajstić information content (AvgIpc) is 3.12.